The molecule has 0 spiro atoms. The van der Waals surface area contributed by atoms with Crippen molar-refractivity contribution in [2.45, 2.75) is 12.8 Å². The molecule has 0 unspecified atom stereocenters. The van der Waals surface area contributed by atoms with Crippen LogP contribution in [0.3, 0.4) is 0 Å². The quantitative estimate of drug-likeness (QED) is 0.781. The van der Waals surface area contributed by atoms with E-state index in [0.717, 1.165) is 12.8 Å². The Morgan fingerprint density at radius 3 is 1.53 bits per heavy atom. The van der Waals surface area contributed by atoms with Crippen LogP contribution < -0.4 is 0 Å². The molecule has 0 radical (unpaired) electrons. The van der Waals surface area contributed by atoms with Crippen molar-refractivity contribution < 1.29 is 10.4 Å². The molecule has 2 N–H and O–H groups in total. The second kappa shape index (κ2) is 7.04. The van der Waals surface area contributed by atoms with Gasteiger partial charge in [0.1, 0.15) is 0 Å². The number of rotatable bonds is 6. The van der Waals surface area contributed by atoms with Gasteiger partial charge in [0.25, 0.3) is 0 Å². The van der Waals surface area contributed by atoms with E-state index in [0.29, 0.717) is 0 Å². The van der Waals surface area contributed by atoms with Crippen LogP contribution in [-0.4, -0.2) is 22.2 Å². The first-order valence-electron chi connectivity index (χ1n) is 6.47. The van der Waals surface area contributed by atoms with Gasteiger partial charge in [-0.3, -0.25) is 10.4 Å². The van der Waals surface area contributed by atoms with Gasteiger partial charge in [0.2, 0.25) is 0 Å². The maximum absolute atomic E-state index is 9.07. The van der Waals surface area contributed by atoms with E-state index in [1.54, 1.807) is 0 Å². The summed E-state index contributed by atoms with van der Waals surface area (Å²) in [6, 6.07) is 20.3. The van der Waals surface area contributed by atoms with Crippen LogP contribution in [0.4, 0.5) is 0 Å². The second-order valence-electron chi connectivity index (χ2n) is 4.80. The minimum Gasteiger partial charge on any atom is -0.290 e. The van der Waals surface area contributed by atoms with Gasteiger partial charge in [-0.25, -0.2) is 0 Å². The van der Waals surface area contributed by atoms with Gasteiger partial charge >= 0.3 is 0 Å². The Morgan fingerprint density at radius 1 is 0.737 bits per heavy atom. The molecule has 2 aromatic carbocycles. The van der Waals surface area contributed by atoms with Crippen molar-refractivity contribution >= 4 is 0 Å². The molecule has 0 saturated carbocycles. The second-order valence-corrected chi connectivity index (χ2v) is 4.80. The summed E-state index contributed by atoms with van der Waals surface area (Å²) in [7, 11) is 0. The van der Waals surface area contributed by atoms with Gasteiger partial charge in [-0.1, -0.05) is 65.9 Å². The van der Waals surface area contributed by atoms with Crippen LogP contribution in [0.5, 0.6) is 0 Å². The number of benzene rings is 2. The maximum Gasteiger partial charge on any atom is 0.0547 e. The fraction of sp³-hybridized carbons (Fsp3) is 0.250. The molecule has 0 amide bonds. The number of hydrogen-bond acceptors (Lipinski definition) is 3. The van der Waals surface area contributed by atoms with Crippen LogP contribution >= 0.6 is 0 Å². The molecule has 3 heteroatoms. The largest absolute Gasteiger partial charge is 0.290 e. The molecule has 0 saturated heterocycles. The zero-order chi connectivity index (χ0) is 13.5. The van der Waals surface area contributed by atoms with Gasteiger partial charge < -0.3 is 0 Å². The molecule has 0 atom stereocenters. The first kappa shape index (κ1) is 13.7. The molecule has 0 aliphatic heterocycles. The van der Waals surface area contributed by atoms with Crippen LogP contribution in [0.1, 0.15) is 11.1 Å². The SMILES string of the molecule is ON(O)CC(Cc1ccccc1)Cc1ccccc1. The topological polar surface area (TPSA) is 43.7 Å². The third kappa shape index (κ3) is 4.83. The molecule has 19 heavy (non-hydrogen) atoms. The highest BCUT2D eigenvalue weighted by Gasteiger charge is 2.13. The highest BCUT2D eigenvalue weighted by molar-refractivity contribution is 5.18. The predicted molar refractivity (Wildman–Crippen MR) is 74.1 cm³/mol. The summed E-state index contributed by atoms with van der Waals surface area (Å²) in [4.78, 5) is 0. The summed E-state index contributed by atoms with van der Waals surface area (Å²) in [5.74, 6) is 0.166. The van der Waals surface area contributed by atoms with E-state index in [1.807, 2.05) is 36.4 Å². The Labute approximate surface area is 113 Å². The van der Waals surface area contributed by atoms with Gasteiger partial charge in [0, 0.05) is 0 Å². The maximum atomic E-state index is 9.07. The molecule has 2 aromatic rings. The first-order valence-corrected chi connectivity index (χ1v) is 6.47. The normalized spacial score (nSPS) is 11.2. The molecular formula is C16H19NO2. The van der Waals surface area contributed by atoms with Crippen molar-refractivity contribution in [2.75, 3.05) is 6.54 Å². The summed E-state index contributed by atoms with van der Waals surface area (Å²) in [5.41, 5.74) is 2.43. The highest BCUT2D eigenvalue weighted by atomic mass is 16.8. The van der Waals surface area contributed by atoms with E-state index in [1.165, 1.54) is 11.1 Å². The molecule has 0 aliphatic rings. The summed E-state index contributed by atoms with van der Waals surface area (Å²) in [6.07, 6.45) is 1.65. The van der Waals surface area contributed by atoms with Crippen LogP contribution in [0.2, 0.25) is 0 Å². The Balaban J connectivity index is 2.03. The van der Waals surface area contributed by atoms with Crippen LogP contribution in [-0.2, 0) is 12.8 Å². The smallest absolute Gasteiger partial charge is 0.0547 e. The van der Waals surface area contributed by atoms with Crippen LogP contribution in [0.25, 0.3) is 0 Å². The summed E-state index contributed by atoms with van der Waals surface area (Å²) in [6.45, 7) is 0.240. The van der Waals surface area contributed by atoms with Gasteiger partial charge in [0.05, 0.1) is 6.54 Å². The number of nitrogens with zero attached hydrogens (tertiary/aromatic N) is 1. The molecule has 2 rings (SSSR count). The van der Waals surface area contributed by atoms with E-state index in [9.17, 15) is 0 Å². The van der Waals surface area contributed by atoms with Crippen molar-refractivity contribution in [3.8, 4) is 0 Å². The zero-order valence-corrected chi connectivity index (χ0v) is 10.8. The molecule has 0 heterocycles. The Kier molecular flexibility index (Phi) is 5.10. The van der Waals surface area contributed by atoms with Crippen molar-refractivity contribution in [3.05, 3.63) is 71.8 Å². The average Bonchev–Trinajstić information content (AvgIpc) is 2.40. The molecular weight excluding hydrogens is 238 g/mol. The van der Waals surface area contributed by atoms with Crippen molar-refractivity contribution in [2.24, 2.45) is 5.92 Å². The molecule has 3 nitrogen and oxygen atoms in total. The number of hydroxylamine groups is 2. The fourth-order valence-corrected chi connectivity index (χ4v) is 2.33. The third-order valence-corrected chi connectivity index (χ3v) is 3.16. The van der Waals surface area contributed by atoms with E-state index in [2.05, 4.69) is 24.3 Å². The van der Waals surface area contributed by atoms with Gasteiger partial charge in [-0.15, -0.1) is 0 Å². The summed E-state index contributed by atoms with van der Waals surface area (Å²) >= 11 is 0. The molecule has 0 fully saturated rings. The fourth-order valence-electron chi connectivity index (χ4n) is 2.33. The molecule has 0 aromatic heterocycles. The molecule has 0 bridgehead atoms. The first-order chi connectivity index (χ1) is 9.24. The lowest BCUT2D eigenvalue weighted by Crippen LogP contribution is -2.26. The Hall–Kier alpha value is -1.68. The van der Waals surface area contributed by atoms with E-state index >= 15 is 0 Å². The Morgan fingerprint density at radius 2 is 1.16 bits per heavy atom. The number of hydrogen-bond donors (Lipinski definition) is 2. The summed E-state index contributed by atoms with van der Waals surface area (Å²) < 4.78 is 0. The van der Waals surface area contributed by atoms with Gasteiger partial charge in [0.15, 0.2) is 0 Å². The monoisotopic (exact) mass is 257 g/mol. The lowest BCUT2D eigenvalue weighted by molar-refractivity contribution is -0.312. The van der Waals surface area contributed by atoms with Gasteiger partial charge in [-0.2, -0.15) is 0 Å². The standard InChI is InChI=1S/C16H19NO2/c18-17(19)13-16(11-14-7-3-1-4-8-14)12-15-9-5-2-6-10-15/h1-10,16,18-19H,11-13H2. The lowest BCUT2D eigenvalue weighted by atomic mass is 9.92. The minimum atomic E-state index is 0.166. The average molecular weight is 257 g/mol. The molecule has 0 aliphatic carbocycles. The highest BCUT2D eigenvalue weighted by Crippen LogP contribution is 2.15. The minimum absolute atomic E-state index is 0.166. The van der Waals surface area contributed by atoms with Crippen molar-refractivity contribution in [1.82, 2.24) is 5.23 Å². The zero-order valence-electron chi connectivity index (χ0n) is 10.8. The Bertz CT molecular complexity index is 429. The molecule has 100 valence electrons. The lowest BCUT2D eigenvalue weighted by Gasteiger charge is -2.19. The van der Waals surface area contributed by atoms with E-state index < -0.39 is 0 Å². The van der Waals surface area contributed by atoms with Crippen molar-refractivity contribution in [3.63, 3.8) is 0 Å². The van der Waals surface area contributed by atoms with Crippen LogP contribution in [0, 0.1) is 5.92 Å². The summed E-state index contributed by atoms with van der Waals surface area (Å²) in [5, 5.41) is 18.4. The van der Waals surface area contributed by atoms with E-state index in [-0.39, 0.29) is 17.7 Å². The third-order valence-electron chi connectivity index (χ3n) is 3.16. The van der Waals surface area contributed by atoms with Crippen LogP contribution in [0.15, 0.2) is 60.7 Å². The van der Waals surface area contributed by atoms with Crippen molar-refractivity contribution in [1.29, 1.82) is 0 Å². The van der Waals surface area contributed by atoms with E-state index in [4.69, 9.17) is 10.4 Å². The predicted octanol–water partition coefficient (Wildman–Crippen LogP) is 3.17. The van der Waals surface area contributed by atoms with Gasteiger partial charge in [-0.05, 0) is 29.9 Å².